The van der Waals surface area contributed by atoms with Gasteiger partial charge >= 0.3 is 0 Å². The molecule has 3 nitrogen and oxygen atoms in total. The third-order valence-corrected chi connectivity index (χ3v) is 4.04. The molecule has 1 unspecified atom stereocenters. The van der Waals surface area contributed by atoms with Gasteiger partial charge in [0.05, 0.1) is 5.75 Å². The molecule has 18 heavy (non-hydrogen) atoms. The maximum Gasteiger partial charge on any atom is 0.147 e. The summed E-state index contributed by atoms with van der Waals surface area (Å²) in [5, 5.41) is 3.29. The second-order valence-electron chi connectivity index (χ2n) is 4.48. The Balaban J connectivity index is 2.30. The maximum atomic E-state index is 11.0. The van der Waals surface area contributed by atoms with Crippen LogP contribution in [0.2, 0.25) is 0 Å². The predicted molar refractivity (Wildman–Crippen MR) is 77.0 cm³/mol. The van der Waals surface area contributed by atoms with Gasteiger partial charge in [-0.05, 0) is 24.9 Å². The summed E-state index contributed by atoms with van der Waals surface area (Å²) in [5.41, 5.74) is 1.23. The molecule has 1 rings (SSSR count). The zero-order valence-electron chi connectivity index (χ0n) is 10.6. The van der Waals surface area contributed by atoms with Gasteiger partial charge < -0.3 is 5.32 Å². The van der Waals surface area contributed by atoms with Gasteiger partial charge in [-0.1, -0.05) is 30.3 Å². The largest absolute Gasteiger partial charge is 0.312 e. The fraction of sp³-hybridized carbons (Fsp3) is 0.538. The van der Waals surface area contributed by atoms with E-state index >= 15 is 0 Å². The first kappa shape index (κ1) is 15.5. The molecular formula is C13H20ClNO2S. The first-order valence-electron chi connectivity index (χ1n) is 6.02. The average Bonchev–Trinajstić information content (AvgIpc) is 2.33. The summed E-state index contributed by atoms with van der Waals surface area (Å²) < 4.78 is 22.0. The van der Waals surface area contributed by atoms with E-state index in [9.17, 15) is 8.42 Å². The zero-order chi connectivity index (χ0) is 13.4. The molecule has 0 amide bonds. The van der Waals surface area contributed by atoms with Crippen LogP contribution in [0.25, 0.3) is 0 Å². The highest BCUT2D eigenvalue weighted by molar-refractivity contribution is 7.90. The standard InChI is InChI=1S/C13H20ClNO2S/c1-18(16,17)9-5-8-15-13(11-14)10-12-6-3-2-4-7-12/h2-4,6-7,13,15H,5,8-11H2,1H3. The predicted octanol–water partition coefficient (Wildman–Crippen LogP) is 1.86. The first-order chi connectivity index (χ1) is 8.51. The van der Waals surface area contributed by atoms with E-state index in [0.717, 1.165) is 6.42 Å². The Morgan fingerprint density at radius 1 is 1.28 bits per heavy atom. The number of sulfone groups is 1. The summed E-state index contributed by atoms with van der Waals surface area (Å²) in [6.45, 7) is 0.678. The van der Waals surface area contributed by atoms with Crippen molar-refractivity contribution >= 4 is 21.4 Å². The molecule has 0 fully saturated rings. The molecular weight excluding hydrogens is 270 g/mol. The Morgan fingerprint density at radius 3 is 2.50 bits per heavy atom. The molecule has 0 spiro atoms. The van der Waals surface area contributed by atoms with Crippen molar-refractivity contribution in [3.05, 3.63) is 35.9 Å². The van der Waals surface area contributed by atoms with Gasteiger partial charge in [-0.25, -0.2) is 8.42 Å². The molecule has 5 heteroatoms. The summed E-state index contributed by atoms with van der Waals surface area (Å²) in [5.74, 6) is 0.744. The number of nitrogens with one attached hydrogen (secondary N) is 1. The summed E-state index contributed by atoms with van der Waals surface area (Å²) in [4.78, 5) is 0. The molecule has 1 aromatic carbocycles. The van der Waals surface area contributed by atoms with E-state index in [1.165, 1.54) is 11.8 Å². The van der Waals surface area contributed by atoms with Gasteiger partial charge in [0.15, 0.2) is 0 Å². The highest BCUT2D eigenvalue weighted by atomic mass is 35.5. The van der Waals surface area contributed by atoms with Crippen molar-refractivity contribution in [1.82, 2.24) is 5.32 Å². The molecule has 0 aromatic heterocycles. The van der Waals surface area contributed by atoms with Gasteiger partial charge in [0.2, 0.25) is 0 Å². The minimum Gasteiger partial charge on any atom is -0.312 e. The van der Waals surface area contributed by atoms with E-state index in [-0.39, 0.29) is 11.8 Å². The van der Waals surface area contributed by atoms with Crippen LogP contribution < -0.4 is 5.32 Å². The summed E-state index contributed by atoms with van der Waals surface area (Å²) in [7, 11) is -2.86. The number of halogens is 1. The average molecular weight is 290 g/mol. The van der Waals surface area contributed by atoms with Crippen molar-refractivity contribution < 1.29 is 8.42 Å². The van der Waals surface area contributed by atoms with Crippen molar-refractivity contribution in [2.24, 2.45) is 0 Å². The fourth-order valence-electron chi connectivity index (χ4n) is 1.72. The van der Waals surface area contributed by atoms with Gasteiger partial charge in [-0.15, -0.1) is 11.6 Å². The van der Waals surface area contributed by atoms with Crippen molar-refractivity contribution in [3.63, 3.8) is 0 Å². The van der Waals surface area contributed by atoms with Crippen molar-refractivity contribution in [1.29, 1.82) is 0 Å². The molecule has 0 radical (unpaired) electrons. The second kappa shape index (κ2) is 7.77. The smallest absolute Gasteiger partial charge is 0.147 e. The number of rotatable bonds is 8. The molecule has 1 aromatic rings. The van der Waals surface area contributed by atoms with Crippen LogP contribution in [0.1, 0.15) is 12.0 Å². The van der Waals surface area contributed by atoms with E-state index < -0.39 is 9.84 Å². The van der Waals surface area contributed by atoms with Crippen LogP contribution in [0, 0.1) is 0 Å². The topological polar surface area (TPSA) is 46.2 Å². The Morgan fingerprint density at radius 2 is 1.94 bits per heavy atom. The van der Waals surface area contributed by atoms with Crippen LogP contribution in [-0.4, -0.2) is 38.9 Å². The zero-order valence-corrected chi connectivity index (χ0v) is 12.2. The van der Waals surface area contributed by atoms with Crippen LogP contribution in [-0.2, 0) is 16.3 Å². The monoisotopic (exact) mass is 289 g/mol. The lowest BCUT2D eigenvalue weighted by atomic mass is 10.1. The number of hydrogen-bond acceptors (Lipinski definition) is 3. The lowest BCUT2D eigenvalue weighted by molar-refractivity contribution is 0.543. The molecule has 0 aliphatic carbocycles. The summed E-state index contributed by atoms with van der Waals surface area (Å²) in [6.07, 6.45) is 2.75. The summed E-state index contributed by atoms with van der Waals surface area (Å²) in [6, 6.07) is 10.3. The minimum absolute atomic E-state index is 0.189. The third-order valence-electron chi connectivity index (χ3n) is 2.64. The normalized spacial score (nSPS) is 13.4. The van der Waals surface area contributed by atoms with E-state index in [1.54, 1.807) is 0 Å². The van der Waals surface area contributed by atoms with Crippen LogP contribution in [0.15, 0.2) is 30.3 Å². The first-order valence-corrected chi connectivity index (χ1v) is 8.62. The van der Waals surface area contributed by atoms with Crippen LogP contribution >= 0.6 is 11.6 Å². The minimum atomic E-state index is -2.86. The van der Waals surface area contributed by atoms with Gasteiger partial charge in [0.1, 0.15) is 9.84 Å². The molecule has 0 heterocycles. The Bertz CT molecular complexity index is 434. The molecule has 0 aliphatic heterocycles. The van der Waals surface area contributed by atoms with Crippen LogP contribution in [0.3, 0.4) is 0 Å². The fourth-order valence-corrected chi connectivity index (χ4v) is 2.61. The van der Waals surface area contributed by atoms with E-state index in [0.29, 0.717) is 18.8 Å². The molecule has 0 aliphatic rings. The molecule has 1 atom stereocenters. The number of hydrogen-bond donors (Lipinski definition) is 1. The Hall–Kier alpha value is -0.580. The molecule has 0 saturated heterocycles. The quantitative estimate of drug-likeness (QED) is 0.587. The molecule has 102 valence electrons. The molecule has 0 bridgehead atoms. The molecule has 0 saturated carbocycles. The van der Waals surface area contributed by atoms with Gasteiger partial charge in [0, 0.05) is 18.2 Å². The van der Waals surface area contributed by atoms with E-state index in [4.69, 9.17) is 11.6 Å². The summed E-state index contributed by atoms with van der Waals surface area (Å²) >= 11 is 5.91. The lowest BCUT2D eigenvalue weighted by Gasteiger charge is -2.15. The van der Waals surface area contributed by atoms with E-state index in [1.807, 2.05) is 18.2 Å². The van der Waals surface area contributed by atoms with E-state index in [2.05, 4.69) is 17.4 Å². The van der Waals surface area contributed by atoms with Crippen LogP contribution in [0.5, 0.6) is 0 Å². The SMILES string of the molecule is CS(=O)(=O)CCCNC(CCl)Cc1ccccc1. The highest BCUT2D eigenvalue weighted by Crippen LogP contribution is 2.04. The van der Waals surface area contributed by atoms with Crippen molar-refractivity contribution in [2.75, 3.05) is 24.4 Å². The van der Waals surface area contributed by atoms with Crippen LogP contribution in [0.4, 0.5) is 0 Å². The van der Waals surface area contributed by atoms with Gasteiger partial charge in [-0.3, -0.25) is 0 Å². The number of benzene rings is 1. The van der Waals surface area contributed by atoms with Crippen molar-refractivity contribution in [2.45, 2.75) is 18.9 Å². The number of alkyl halides is 1. The highest BCUT2D eigenvalue weighted by Gasteiger charge is 2.08. The Labute approximate surface area is 114 Å². The molecule has 1 N–H and O–H groups in total. The van der Waals surface area contributed by atoms with Crippen molar-refractivity contribution in [3.8, 4) is 0 Å². The lowest BCUT2D eigenvalue weighted by Crippen LogP contribution is -2.34. The second-order valence-corrected chi connectivity index (χ2v) is 7.05. The maximum absolute atomic E-state index is 11.0. The van der Waals surface area contributed by atoms with Gasteiger partial charge in [0.25, 0.3) is 0 Å². The Kier molecular flexibility index (Phi) is 6.68. The third kappa shape index (κ3) is 6.99. The van der Waals surface area contributed by atoms with Gasteiger partial charge in [-0.2, -0.15) is 0 Å².